The summed E-state index contributed by atoms with van der Waals surface area (Å²) in [5, 5.41) is 2.87. The summed E-state index contributed by atoms with van der Waals surface area (Å²) < 4.78 is 26.0. The zero-order valence-electron chi connectivity index (χ0n) is 7.35. The maximum Gasteiger partial charge on any atom is 0.265 e. The lowest BCUT2D eigenvalue weighted by atomic mass is 10.1. The Hall–Kier alpha value is -0.670. The van der Waals surface area contributed by atoms with Crippen LogP contribution in [0.3, 0.4) is 0 Å². The number of hydrogen-bond acceptors (Lipinski definition) is 1. The molecule has 0 bridgehead atoms. The molecular weight excluding hydrogens is 226 g/mol. The van der Waals surface area contributed by atoms with Crippen molar-refractivity contribution in [1.29, 1.82) is 0 Å². The molecule has 14 heavy (non-hydrogen) atoms. The largest absolute Gasteiger partial charge is 0.265 e. The fraction of sp³-hybridized carbons (Fsp3) is 0.200. The molecule has 0 saturated carbocycles. The van der Waals surface area contributed by atoms with Gasteiger partial charge in [0.15, 0.2) is 0 Å². The number of hydrogen-bond donors (Lipinski definition) is 0. The minimum absolute atomic E-state index is 0.0827. The van der Waals surface area contributed by atoms with Crippen LogP contribution in [0.15, 0.2) is 17.5 Å². The summed E-state index contributed by atoms with van der Waals surface area (Å²) in [6, 6.07) is 3.09. The number of benzene rings is 1. The first-order chi connectivity index (χ1) is 6.61. The molecule has 0 N–H and O–H groups in total. The second-order valence-corrected chi connectivity index (χ2v) is 4.35. The van der Waals surface area contributed by atoms with Crippen molar-refractivity contribution in [3.05, 3.63) is 33.7 Å². The third-order valence-corrected chi connectivity index (χ3v) is 3.60. The summed E-state index contributed by atoms with van der Waals surface area (Å²) in [5.41, 5.74) is 0.873. The van der Waals surface area contributed by atoms with E-state index in [2.05, 4.69) is 0 Å². The Bertz CT molecular complexity index is 476. The lowest BCUT2D eigenvalue weighted by Gasteiger charge is -2.04. The average Bonchev–Trinajstić information content (AvgIpc) is 2.48. The van der Waals surface area contributed by atoms with Crippen LogP contribution in [-0.2, 0) is 0 Å². The Balaban J connectivity index is 2.79. The maximum atomic E-state index is 12.5. The van der Waals surface area contributed by atoms with E-state index in [0.29, 0.717) is 0 Å². The predicted octanol–water partition coefficient (Wildman–Crippen LogP) is 4.80. The van der Waals surface area contributed by atoms with Crippen LogP contribution in [0.25, 0.3) is 10.1 Å². The van der Waals surface area contributed by atoms with Crippen LogP contribution in [0.1, 0.15) is 17.6 Å². The van der Waals surface area contributed by atoms with Crippen molar-refractivity contribution in [3.63, 3.8) is 0 Å². The second kappa shape index (κ2) is 3.48. The maximum absolute atomic E-state index is 12.5. The van der Waals surface area contributed by atoms with Crippen LogP contribution >= 0.6 is 22.9 Å². The van der Waals surface area contributed by atoms with Gasteiger partial charge in [-0.25, -0.2) is 8.78 Å². The van der Waals surface area contributed by atoms with Crippen LogP contribution in [0.4, 0.5) is 8.78 Å². The van der Waals surface area contributed by atoms with Gasteiger partial charge in [0.25, 0.3) is 6.43 Å². The molecule has 0 aliphatic carbocycles. The van der Waals surface area contributed by atoms with Crippen LogP contribution in [0, 0.1) is 6.92 Å². The van der Waals surface area contributed by atoms with Crippen molar-refractivity contribution in [2.24, 2.45) is 0 Å². The number of alkyl halides is 2. The molecule has 1 aromatic heterocycles. The van der Waals surface area contributed by atoms with E-state index >= 15 is 0 Å². The quantitative estimate of drug-likeness (QED) is 0.663. The predicted molar refractivity (Wildman–Crippen MR) is 56.5 cm³/mol. The minimum Gasteiger partial charge on any atom is -0.205 e. The van der Waals surface area contributed by atoms with Gasteiger partial charge in [-0.05, 0) is 23.9 Å². The minimum atomic E-state index is -2.51. The van der Waals surface area contributed by atoms with Crippen molar-refractivity contribution in [2.45, 2.75) is 13.3 Å². The fourth-order valence-electron chi connectivity index (χ4n) is 1.42. The standard InChI is InChI=1S/C10H7ClF2S/c1-5-4-14-7-3-2-6(10(12)13)9(11)8(5)7/h2-4,10H,1H3. The molecule has 0 unspecified atom stereocenters. The van der Waals surface area contributed by atoms with Gasteiger partial charge in [-0.2, -0.15) is 0 Å². The molecule has 2 aromatic rings. The van der Waals surface area contributed by atoms with E-state index < -0.39 is 6.43 Å². The van der Waals surface area contributed by atoms with Crippen LogP contribution in [0.2, 0.25) is 5.02 Å². The summed E-state index contributed by atoms with van der Waals surface area (Å²) in [6.45, 7) is 1.87. The highest BCUT2D eigenvalue weighted by atomic mass is 35.5. The molecule has 0 amide bonds. The fourth-order valence-corrected chi connectivity index (χ4v) is 2.82. The second-order valence-electron chi connectivity index (χ2n) is 3.06. The van der Waals surface area contributed by atoms with Gasteiger partial charge in [-0.3, -0.25) is 0 Å². The van der Waals surface area contributed by atoms with E-state index in [9.17, 15) is 8.78 Å². The van der Waals surface area contributed by atoms with Gasteiger partial charge in [0.05, 0.1) is 5.02 Å². The van der Waals surface area contributed by atoms with E-state index in [1.807, 2.05) is 12.3 Å². The zero-order valence-corrected chi connectivity index (χ0v) is 8.92. The van der Waals surface area contributed by atoms with Gasteiger partial charge in [0.1, 0.15) is 0 Å². The molecule has 0 spiro atoms. The van der Waals surface area contributed by atoms with E-state index in [0.717, 1.165) is 15.6 Å². The molecule has 1 heterocycles. The summed E-state index contributed by atoms with van der Waals surface area (Å²) >= 11 is 7.43. The molecule has 0 atom stereocenters. The molecule has 4 heteroatoms. The number of aryl methyl sites for hydroxylation is 1. The van der Waals surface area contributed by atoms with Crippen molar-refractivity contribution < 1.29 is 8.78 Å². The molecule has 0 saturated heterocycles. The number of halogens is 3. The van der Waals surface area contributed by atoms with Crippen molar-refractivity contribution in [1.82, 2.24) is 0 Å². The van der Waals surface area contributed by atoms with Crippen molar-refractivity contribution in [3.8, 4) is 0 Å². The van der Waals surface area contributed by atoms with Gasteiger partial charge in [0.2, 0.25) is 0 Å². The van der Waals surface area contributed by atoms with Crippen molar-refractivity contribution in [2.75, 3.05) is 0 Å². The first-order valence-electron chi connectivity index (χ1n) is 4.05. The Morgan fingerprint density at radius 2 is 2.07 bits per heavy atom. The van der Waals surface area contributed by atoms with Crippen LogP contribution in [0.5, 0.6) is 0 Å². The van der Waals surface area contributed by atoms with E-state index in [1.54, 1.807) is 6.07 Å². The molecule has 0 radical (unpaired) electrons. The first kappa shape index (κ1) is 9.87. The molecule has 74 valence electrons. The highest BCUT2D eigenvalue weighted by Crippen LogP contribution is 2.37. The summed E-state index contributed by atoms with van der Waals surface area (Å²) in [4.78, 5) is 0. The van der Waals surface area contributed by atoms with Crippen molar-refractivity contribution >= 4 is 33.0 Å². The van der Waals surface area contributed by atoms with Gasteiger partial charge in [0, 0.05) is 15.6 Å². The Morgan fingerprint density at radius 3 is 2.71 bits per heavy atom. The Morgan fingerprint density at radius 1 is 1.36 bits per heavy atom. The summed E-state index contributed by atoms with van der Waals surface area (Å²) in [7, 11) is 0. The van der Waals surface area contributed by atoms with Gasteiger partial charge >= 0.3 is 0 Å². The number of thiophene rings is 1. The highest BCUT2D eigenvalue weighted by molar-refractivity contribution is 7.17. The Kier molecular flexibility index (Phi) is 2.45. The molecule has 0 aliphatic heterocycles. The smallest absolute Gasteiger partial charge is 0.205 e. The van der Waals surface area contributed by atoms with Crippen LogP contribution < -0.4 is 0 Å². The van der Waals surface area contributed by atoms with Gasteiger partial charge in [-0.1, -0.05) is 17.7 Å². The van der Waals surface area contributed by atoms with Gasteiger partial charge in [-0.15, -0.1) is 11.3 Å². The SMILES string of the molecule is Cc1csc2ccc(C(F)F)c(Cl)c12. The molecule has 0 nitrogen and oxygen atoms in total. The molecular formula is C10H7ClF2S. The highest BCUT2D eigenvalue weighted by Gasteiger charge is 2.15. The molecule has 0 aliphatic rings. The normalized spacial score (nSPS) is 11.5. The van der Waals surface area contributed by atoms with Gasteiger partial charge < -0.3 is 0 Å². The molecule has 1 aromatic carbocycles. The lowest BCUT2D eigenvalue weighted by Crippen LogP contribution is -1.86. The topological polar surface area (TPSA) is 0 Å². The number of rotatable bonds is 1. The lowest BCUT2D eigenvalue weighted by molar-refractivity contribution is 0.151. The summed E-state index contributed by atoms with van der Waals surface area (Å²) in [6.07, 6.45) is -2.51. The molecule has 2 rings (SSSR count). The zero-order chi connectivity index (χ0) is 10.3. The number of fused-ring (bicyclic) bond motifs is 1. The first-order valence-corrected chi connectivity index (χ1v) is 5.31. The van der Waals surface area contributed by atoms with E-state index in [-0.39, 0.29) is 10.6 Å². The average molecular weight is 233 g/mol. The monoisotopic (exact) mass is 232 g/mol. The van der Waals surface area contributed by atoms with Crippen LogP contribution in [-0.4, -0.2) is 0 Å². The molecule has 0 fully saturated rings. The summed E-state index contributed by atoms with van der Waals surface area (Å²) in [5.74, 6) is 0. The Labute approximate surface area is 89.1 Å². The third kappa shape index (κ3) is 1.41. The third-order valence-electron chi connectivity index (χ3n) is 2.13. The van der Waals surface area contributed by atoms with E-state index in [4.69, 9.17) is 11.6 Å². The van der Waals surface area contributed by atoms with E-state index in [1.165, 1.54) is 17.4 Å².